The van der Waals surface area contributed by atoms with Gasteiger partial charge in [-0.15, -0.1) is 0 Å². The first-order chi connectivity index (χ1) is 9.79. The Hall–Kier alpha value is -0.930. The van der Waals surface area contributed by atoms with Crippen LogP contribution < -0.4 is 11.3 Å². The van der Waals surface area contributed by atoms with E-state index in [0.29, 0.717) is 0 Å². The number of nitrogens with two attached hydrogens (primary N) is 1. The van der Waals surface area contributed by atoms with E-state index in [4.69, 9.17) is 5.84 Å². The maximum atomic E-state index is 5.69. The SMILES string of the molecule is CCCCCCCCCCC(NN)c1cccnc1C. The van der Waals surface area contributed by atoms with Gasteiger partial charge in [-0.1, -0.05) is 64.4 Å². The summed E-state index contributed by atoms with van der Waals surface area (Å²) in [4.78, 5) is 4.34. The van der Waals surface area contributed by atoms with E-state index < -0.39 is 0 Å². The number of aryl methyl sites for hydroxylation is 1. The van der Waals surface area contributed by atoms with Crippen molar-refractivity contribution in [1.82, 2.24) is 10.4 Å². The van der Waals surface area contributed by atoms with Crippen LogP contribution >= 0.6 is 0 Å². The molecule has 0 spiro atoms. The van der Waals surface area contributed by atoms with Crippen LogP contribution in [0.1, 0.15) is 82.0 Å². The van der Waals surface area contributed by atoms with Crippen molar-refractivity contribution in [2.45, 2.75) is 77.7 Å². The predicted molar refractivity (Wildman–Crippen MR) is 86.3 cm³/mol. The molecule has 0 saturated carbocycles. The first-order valence-electron chi connectivity index (χ1n) is 8.17. The van der Waals surface area contributed by atoms with Crippen molar-refractivity contribution in [2.75, 3.05) is 0 Å². The Morgan fingerprint density at radius 1 is 1.10 bits per heavy atom. The Balaban J connectivity index is 2.18. The molecule has 3 N–H and O–H groups in total. The van der Waals surface area contributed by atoms with Gasteiger partial charge in [0.15, 0.2) is 0 Å². The summed E-state index contributed by atoms with van der Waals surface area (Å²) in [6.07, 6.45) is 13.7. The Kier molecular flexibility index (Phi) is 9.25. The fourth-order valence-corrected chi connectivity index (χ4v) is 2.68. The first kappa shape index (κ1) is 17.1. The lowest BCUT2D eigenvalue weighted by atomic mass is 9.99. The molecule has 1 unspecified atom stereocenters. The minimum atomic E-state index is 0.240. The molecule has 0 saturated heterocycles. The highest BCUT2D eigenvalue weighted by Crippen LogP contribution is 2.21. The zero-order valence-electron chi connectivity index (χ0n) is 13.2. The second-order valence-corrected chi connectivity index (χ2v) is 5.66. The summed E-state index contributed by atoms with van der Waals surface area (Å²) >= 11 is 0. The zero-order valence-corrected chi connectivity index (χ0v) is 13.2. The molecule has 20 heavy (non-hydrogen) atoms. The van der Waals surface area contributed by atoms with Crippen LogP contribution in [0.3, 0.4) is 0 Å². The maximum absolute atomic E-state index is 5.69. The van der Waals surface area contributed by atoms with E-state index in [-0.39, 0.29) is 6.04 Å². The number of aromatic nitrogens is 1. The number of nitrogens with one attached hydrogen (secondary N) is 1. The van der Waals surface area contributed by atoms with E-state index in [1.54, 1.807) is 0 Å². The topological polar surface area (TPSA) is 50.9 Å². The van der Waals surface area contributed by atoms with Crippen molar-refractivity contribution in [2.24, 2.45) is 5.84 Å². The first-order valence-corrected chi connectivity index (χ1v) is 8.17. The summed E-state index contributed by atoms with van der Waals surface area (Å²) in [6, 6.07) is 4.35. The normalized spacial score (nSPS) is 12.6. The van der Waals surface area contributed by atoms with Crippen LogP contribution in [0.5, 0.6) is 0 Å². The Labute approximate surface area is 124 Å². The monoisotopic (exact) mass is 277 g/mol. The summed E-state index contributed by atoms with van der Waals surface area (Å²) < 4.78 is 0. The van der Waals surface area contributed by atoms with Crippen LogP contribution in [0, 0.1) is 6.92 Å². The molecular weight excluding hydrogens is 246 g/mol. The summed E-state index contributed by atoms with van der Waals surface area (Å²) in [5.74, 6) is 5.69. The zero-order chi connectivity index (χ0) is 14.6. The molecule has 1 rings (SSSR count). The minimum Gasteiger partial charge on any atom is -0.271 e. The molecule has 114 valence electrons. The van der Waals surface area contributed by atoms with Crippen molar-refractivity contribution in [3.8, 4) is 0 Å². The second kappa shape index (κ2) is 10.8. The molecule has 0 aliphatic heterocycles. The minimum absolute atomic E-state index is 0.240. The van der Waals surface area contributed by atoms with Gasteiger partial charge in [-0.2, -0.15) is 0 Å². The molecule has 0 radical (unpaired) electrons. The average molecular weight is 277 g/mol. The van der Waals surface area contributed by atoms with E-state index in [9.17, 15) is 0 Å². The van der Waals surface area contributed by atoms with Crippen LogP contribution in [0.25, 0.3) is 0 Å². The van der Waals surface area contributed by atoms with E-state index >= 15 is 0 Å². The molecule has 0 aliphatic rings. The van der Waals surface area contributed by atoms with Crippen LogP contribution in [0.2, 0.25) is 0 Å². The van der Waals surface area contributed by atoms with E-state index in [2.05, 4.69) is 23.4 Å². The quantitative estimate of drug-likeness (QED) is 0.357. The van der Waals surface area contributed by atoms with E-state index in [1.807, 2.05) is 19.2 Å². The van der Waals surface area contributed by atoms with Gasteiger partial charge in [0.25, 0.3) is 0 Å². The summed E-state index contributed by atoms with van der Waals surface area (Å²) in [7, 11) is 0. The number of unbranched alkanes of at least 4 members (excludes halogenated alkanes) is 7. The largest absolute Gasteiger partial charge is 0.271 e. The van der Waals surface area contributed by atoms with Crippen molar-refractivity contribution in [1.29, 1.82) is 0 Å². The van der Waals surface area contributed by atoms with Gasteiger partial charge < -0.3 is 0 Å². The van der Waals surface area contributed by atoms with Gasteiger partial charge in [0.05, 0.1) is 0 Å². The Bertz CT molecular complexity index is 352. The number of hydrogen-bond acceptors (Lipinski definition) is 3. The average Bonchev–Trinajstić information content (AvgIpc) is 2.47. The predicted octanol–water partition coefficient (Wildman–Crippen LogP) is 4.43. The smallest absolute Gasteiger partial charge is 0.0477 e. The lowest BCUT2D eigenvalue weighted by molar-refractivity contribution is 0.472. The molecule has 3 heteroatoms. The van der Waals surface area contributed by atoms with Crippen molar-refractivity contribution in [3.05, 3.63) is 29.6 Å². The fourth-order valence-electron chi connectivity index (χ4n) is 2.68. The Morgan fingerprint density at radius 2 is 1.75 bits per heavy atom. The van der Waals surface area contributed by atoms with E-state index in [1.165, 1.54) is 56.9 Å². The van der Waals surface area contributed by atoms with Gasteiger partial charge in [-0.05, 0) is 25.0 Å². The molecule has 1 aromatic heterocycles. The van der Waals surface area contributed by atoms with Gasteiger partial charge in [0.2, 0.25) is 0 Å². The third-order valence-corrected chi connectivity index (χ3v) is 3.97. The summed E-state index contributed by atoms with van der Waals surface area (Å²) in [5, 5.41) is 0. The number of pyridine rings is 1. The highest BCUT2D eigenvalue weighted by molar-refractivity contribution is 5.22. The van der Waals surface area contributed by atoms with Gasteiger partial charge in [0, 0.05) is 17.9 Å². The molecule has 0 aliphatic carbocycles. The summed E-state index contributed by atoms with van der Waals surface area (Å²) in [6.45, 7) is 4.31. The number of hydrogen-bond donors (Lipinski definition) is 2. The number of rotatable bonds is 11. The van der Waals surface area contributed by atoms with Crippen LogP contribution in [-0.2, 0) is 0 Å². The molecule has 0 aromatic carbocycles. The van der Waals surface area contributed by atoms with Crippen LogP contribution in [0.15, 0.2) is 18.3 Å². The highest BCUT2D eigenvalue weighted by atomic mass is 15.2. The molecule has 1 atom stereocenters. The van der Waals surface area contributed by atoms with Crippen LogP contribution in [-0.4, -0.2) is 4.98 Å². The second-order valence-electron chi connectivity index (χ2n) is 5.66. The molecule has 1 heterocycles. The third-order valence-electron chi connectivity index (χ3n) is 3.97. The molecule has 3 nitrogen and oxygen atoms in total. The lowest BCUT2D eigenvalue weighted by Crippen LogP contribution is -2.28. The van der Waals surface area contributed by atoms with Crippen molar-refractivity contribution >= 4 is 0 Å². The van der Waals surface area contributed by atoms with Gasteiger partial charge >= 0.3 is 0 Å². The molecule has 0 fully saturated rings. The van der Waals surface area contributed by atoms with Gasteiger partial charge in [0.1, 0.15) is 0 Å². The summed E-state index contributed by atoms with van der Waals surface area (Å²) in [5.41, 5.74) is 5.25. The lowest BCUT2D eigenvalue weighted by Gasteiger charge is -2.17. The van der Waals surface area contributed by atoms with E-state index in [0.717, 1.165) is 12.1 Å². The third kappa shape index (κ3) is 6.49. The van der Waals surface area contributed by atoms with Crippen molar-refractivity contribution < 1.29 is 0 Å². The van der Waals surface area contributed by atoms with Crippen molar-refractivity contribution in [3.63, 3.8) is 0 Å². The molecule has 0 bridgehead atoms. The standard InChI is InChI=1S/C17H31N3/c1-3-4-5-6-7-8-9-10-13-17(20-18)16-12-11-14-19-15(16)2/h11-12,14,17,20H,3-10,13,18H2,1-2H3. The van der Waals surface area contributed by atoms with Gasteiger partial charge in [-0.25, -0.2) is 0 Å². The highest BCUT2D eigenvalue weighted by Gasteiger charge is 2.11. The number of nitrogens with zero attached hydrogens (tertiary/aromatic N) is 1. The molecule has 0 amide bonds. The number of hydrazine groups is 1. The molecular formula is C17H31N3. The Morgan fingerprint density at radius 3 is 2.35 bits per heavy atom. The van der Waals surface area contributed by atoms with Crippen LogP contribution in [0.4, 0.5) is 0 Å². The fraction of sp³-hybridized carbons (Fsp3) is 0.706. The van der Waals surface area contributed by atoms with Gasteiger partial charge in [-0.3, -0.25) is 16.3 Å². The maximum Gasteiger partial charge on any atom is 0.0477 e. The molecule has 1 aromatic rings.